The zero-order chi connectivity index (χ0) is 19.1. The third-order valence-corrected chi connectivity index (χ3v) is 5.38. The molecule has 3 rings (SSSR count). The van der Waals surface area contributed by atoms with E-state index in [4.69, 9.17) is 14.3 Å². The van der Waals surface area contributed by atoms with Crippen molar-refractivity contribution in [2.45, 2.75) is 63.3 Å². The molecule has 26 heavy (non-hydrogen) atoms. The molecule has 0 aliphatic heterocycles. The molecular weight excluding hydrogens is 355 g/mol. The second-order valence-corrected chi connectivity index (χ2v) is 7.12. The molecule has 1 heterocycles. The van der Waals surface area contributed by atoms with E-state index in [0.29, 0.717) is 32.3 Å². The molecule has 2 N–H and O–H groups in total. The second-order valence-electron chi connectivity index (χ2n) is 7.12. The van der Waals surface area contributed by atoms with Crippen LogP contribution in [0.4, 0.5) is 13.2 Å². The third kappa shape index (κ3) is 3.34. The van der Waals surface area contributed by atoms with Crippen LogP contribution in [0.2, 0.25) is 0 Å². The summed E-state index contributed by atoms with van der Waals surface area (Å²) in [6, 6.07) is 0. The highest BCUT2D eigenvalue weighted by atomic mass is 19.4. The second kappa shape index (κ2) is 6.84. The SMILES string of the molecule is CCCOC1C[C@H]2CC[C@@H](C1)C2(O)c1nc(CC(=O)O)c(C(F)(F)F)o1. The standard InChI is InChI=1S/C17H22F3NO5/c1-2-5-25-11-6-9-3-4-10(7-11)16(9,24)15-21-12(8-13(22)23)14(26-15)17(18,19)20/h9-11,24H,2-8H2,1H3,(H,22,23)/t9-,10+,11?,16?. The van der Waals surface area contributed by atoms with Gasteiger partial charge < -0.3 is 19.4 Å². The lowest BCUT2D eigenvalue weighted by Crippen LogP contribution is -2.45. The van der Waals surface area contributed by atoms with Crippen molar-refractivity contribution in [2.24, 2.45) is 11.8 Å². The van der Waals surface area contributed by atoms with Gasteiger partial charge in [-0.25, -0.2) is 4.98 Å². The van der Waals surface area contributed by atoms with Crippen LogP contribution in [0.25, 0.3) is 0 Å². The number of aliphatic carboxylic acids is 1. The zero-order valence-corrected chi connectivity index (χ0v) is 14.4. The number of oxazole rings is 1. The van der Waals surface area contributed by atoms with Gasteiger partial charge in [-0.3, -0.25) is 4.79 Å². The maximum atomic E-state index is 13.2. The molecule has 2 aliphatic carbocycles. The summed E-state index contributed by atoms with van der Waals surface area (Å²) in [7, 11) is 0. The number of carboxylic acids is 1. The number of carbonyl (C=O) groups is 1. The summed E-state index contributed by atoms with van der Waals surface area (Å²) in [6.45, 7) is 2.59. The zero-order valence-electron chi connectivity index (χ0n) is 14.4. The van der Waals surface area contributed by atoms with E-state index in [1.54, 1.807) is 0 Å². The minimum atomic E-state index is -4.87. The molecule has 4 atom stereocenters. The number of nitrogens with zero attached hydrogens (tertiary/aromatic N) is 1. The van der Waals surface area contributed by atoms with Gasteiger partial charge in [-0.05, 0) is 43.9 Å². The first kappa shape index (κ1) is 19.2. The van der Waals surface area contributed by atoms with E-state index in [-0.39, 0.29) is 17.9 Å². The van der Waals surface area contributed by atoms with Crippen molar-refractivity contribution in [3.63, 3.8) is 0 Å². The largest absolute Gasteiger partial charge is 0.481 e. The van der Waals surface area contributed by atoms with Gasteiger partial charge in [0.15, 0.2) is 0 Å². The fourth-order valence-electron chi connectivity index (χ4n) is 4.28. The molecule has 2 fully saturated rings. The number of ether oxygens (including phenoxy) is 1. The molecule has 2 saturated carbocycles. The van der Waals surface area contributed by atoms with Gasteiger partial charge in [0.1, 0.15) is 11.3 Å². The highest BCUT2D eigenvalue weighted by Gasteiger charge is 2.58. The van der Waals surface area contributed by atoms with E-state index in [1.165, 1.54) is 0 Å². The van der Waals surface area contributed by atoms with E-state index < -0.39 is 41.5 Å². The van der Waals surface area contributed by atoms with E-state index in [2.05, 4.69) is 4.98 Å². The van der Waals surface area contributed by atoms with Gasteiger partial charge in [-0.2, -0.15) is 13.2 Å². The Bertz CT molecular complexity index is 658. The molecule has 2 bridgehead atoms. The molecule has 2 unspecified atom stereocenters. The normalized spacial score (nSPS) is 31.3. The van der Waals surface area contributed by atoms with Gasteiger partial charge in [0, 0.05) is 6.61 Å². The van der Waals surface area contributed by atoms with Crippen LogP contribution in [-0.2, 0) is 27.7 Å². The summed E-state index contributed by atoms with van der Waals surface area (Å²) in [4.78, 5) is 14.7. The number of fused-ring (bicyclic) bond motifs is 2. The van der Waals surface area contributed by atoms with Gasteiger partial charge >= 0.3 is 12.1 Å². The highest BCUT2D eigenvalue weighted by molar-refractivity contribution is 5.69. The Morgan fingerprint density at radius 1 is 1.35 bits per heavy atom. The average molecular weight is 377 g/mol. The van der Waals surface area contributed by atoms with Crippen molar-refractivity contribution in [1.29, 1.82) is 0 Å². The van der Waals surface area contributed by atoms with Gasteiger partial charge in [-0.15, -0.1) is 0 Å². The topological polar surface area (TPSA) is 92.8 Å². The number of halogens is 3. The summed E-state index contributed by atoms with van der Waals surface area (Å²) in [6.07, 6.45) is -2.63. The predicted octanol–water partition coefficient (Wildman–Crippen LogP) is 3.12. The summed E-state index contributed by atoms with van der Waals surface area (Å²) in [5, 5.41) is 20.0. The van der Waals surface area contributed by atoms with Crippen LogP contribution in [0.3, 0.4) is 0 Å². The molecule has 146 valence electrons. The van der Waals surface area contributed by atoms with Gasteiger partial charge in [0.2, 0.25) is 11.7 Å². The van der Waals surface area contributed by atoms with Crippen LogP contribution in [0.15, 0.2) is 4.42 Å². The van der Waals surface area contributed by atoms with Gasteiger partial charge in [0.25, 0.3) is 0 Å². The van der Waals surface area contributed by atoms with Crippen LogP contribution in [-0.4, -0.2) is 33.9 Å². The number of hydrogen-bond donors (Lipinski definition) is 2. The van der Waals surface area contributed by atoms with Gasteiger partial charge in [-0.1, -0.05) is 6.92 Å². The first-order valence-corrected chi connectivity index (χ1v) is 8.79. The lowest BCUT2D eigenvalue weighted by atomic mass is 9.73. The average Bonchev–Trinajstić information content (AvgIpc) is 3.00. The lowest BCUT2D eigenvalue weighted by Gasteiger charge is -2.40. The number of carboxylic acid groups (broad SMARTS) is 1. The van der Waals surface area contributed by atoms with Crippen LogP contribution < -0.4 is 0 Å². The first-order valence-electron chi connectivity index (χ1n) is 8.79. The van der Waals surface area contributed by atoms with E-state index in [1.807, 2.05) is 6.92 Å². The quantitative estimate of drug-likeness (QED) is 0.791. The Kier molecular flexibility index (Phi) is 5.04. The Morgan fingerprint density at radius 3 is 2.46 bits per heavy atom. The number of hydrogen-bond acceptors (Lipinski definition) is 5. The number of aliphatic hydroxyl groups is 1. The van der Waals surface area contributed by atoms with Crippen molar-refractivity contribution >= 4 is 5.97 Å². The fourth-order valence-corrected chi connectivity index (χ4v) is 4.28. The summed E-state index contributed by atoms with van der Waals surface area (Å²) in [5.74, 6) is -3.93. The Balaban J connectivity index is 1.91. The molecule has 9 heteroatoms. The summed E-state index contributed by atoms with van der Waals surface area (Å²) in [5.41, 5.74) is -2.31. The molecule has 0 radical (unpaired) electrons. The molecule has 0 amide bonds. The van der Waals surface area contributed by atoms with Crippen molar-refractivity contribution in [2.75, 3.05) is 6.61 Å². The molecule has 2 aliphatic rings. The van der Waals surface area contributed by atoms with Crippen molar-refractivity contribution in [3.8, 4) is 0 Å². The third-order valence-electron chi connectivity index (χ3n) is 5.38. The van der Waals surface area contributed by atoms with Crippen LogP contribution in [0, 0.1) is 11.8 Å². The Morgan fingerprint density at radius 2 is 1.96 bits per heavy atom. The van der Waals surface area contributed by atoms with E-state index >= 15 is 0 Å². The first-order chi connectivity index (χ1) is 12.2. The Labute approximate surface area is 148 Å². The summed E-state index contributed by atoms with van der Waals surface area (Å²) < 4.78 is 50.2. The molecule has 6 nitrogen and oxygen atoms in total. The minimum absolute atomic E-state index is 0.0386. The molecular formula is C17H22F3NO5. The minimum Gasteiger partial charge on any atom is -0.481 e. The fraction of sp³-hybridized carbons (Fsp3) is 0.765. The monoisotopic (exact) mass is 377 g/mol. The summed E-state index contributed by atoms with van der Waals surface area (Å²) >= 11 is 0. The molecule has 0 spiro atoms. The predicted molar refractivity (Wildman–Crippen MR) is 82.2 cm³/mol. The van der Waals surface area contributed by atoms with E-state index in [0.717, 1.165) is 6.42 Å². The maximum absolute atomic E-state index is 13.2. The van der Waals surface area contributed by atoms with Crippen molar-refractivity contribution in [3.05, 3.63) is 17.3 Å². The molecule has 0 aromatic carbocycles. The Hall–Kier alpha value is -1.61. The number of alkyl halides is 3. The number of rotatable bonds is 6. The molecule has 0 saturated heterocycles. The van der Waals surface area contributed by atoms with E-state index in [9.17, 15) is 23.1 Å². The van der Waals surface area contributed by atoms with Crippen molar-refractivity contribution < 1.29 is 37.3 Å². The van der Waals surface area contributed by atoms with Crippen molar-refractivity contribution in [1.82, 2.24) is 4.98 Å². The lowest BCUT2D eigenvalue weighted by molar-refractivity contribution is -0.160. The van der Waals surface area contributed by atoms with Crippen LogP contribution >= 0.6 is 0 Å². The molecule has 1 aromatic heterocycles. The number of aromatic nitrogens is 1. The van der Waals surface area contributed by atoms with Gasteiger partial charge in [0.05, 0.1) is 12.5 Å². The highest BCUT2D eigenvalue weighted by Crippen LogP contribution is 2.56. The van der Waals surface area contributed by atoms with Crippen LogP contribution in [0.1, 0.15) is 56.4 Å². The molecule has 1 aromatic rings. The van der Waals surface area contributed by atoms with Crippen LogP contribution in [0.5, 0.6) is 0 Å². The smallest absolute Gasteiger partial charge is 0.451 e. The maximum Gasteiger partial charge on any atom is 0.451 e.